The summed E-state index contributed by atoms with van der Waals surface area (Å²) >= 11 is 0. The standard InChI is InChI=1S/C14H29N3O/c1-10(15)13(14(3,4)5)17-8-6-12(7-9-17)16-11(2)18/h10,12-13H,6-9,15H2,1-5H3,(H,16,18). The van der Waals surface area contributed by atoms with E-state index in [2.05, 4.69) is 37.9 Å². The van der Waals surface area contributed by atoms with Crippen molar-refractivity contribution in [1.29, 1.82) is 0 Å². The van der Waals surface area contributed by atoms with Crippen molar-refractivity contribution in [3.05, 3.63) is 0 Å². The molecule has 0 aliphatic carbocycles. The Bertz CT molecular complexity index is 275. The third kappa shape index (κ3) is 4.25. The van der Waals surface area contributed by atoms with Crippen LogP contribution in [0.15, 0.2) is 0 Å². The van der Waals surface area contributed by atoms with E-state index in [1.165, 1.54) is 0 Å². The fraction of sp³-hybridized carbons (Fsp3) is 0.929. The Morgan fingerprint density at radius 1 is 1.33 bits per heavy atom. The first kappa shape index (κ1) is 15.4. The summed E-state index contributed by atoms with van der Waals surface area (Å²) in [5.41, 5.74) is 6.35. The second kappa shape index (κ2) is 6.02. The maximum atomic E-state index is 11.1. The van der Waals surface area contributed by atoms with E-state index in [-0.39, 0.29) is 17.4 Å². The molecule has 0 spiro atoms. The van der Waals surface area contributed by atoms with Crippen LogP contribution in [0.5, 0.6) is 0 Å². The van der Waals surface area contributed by atoms with E-state index >= 15 is 0 Å². The van der Waals surface area contributed by atoms with Crippen LogP contribution in [0, 0.1) is 5.41 Å². The number of likely N-dealkylation sites (tertiary alicyclic amines) is 1. The number of nitrogens with two attached hydrogens (primary N) is 1. The molecule has 0 saturated carbocycles. The number of piperidine rings is 1. The highest BCUT2D eigenvalue weighted by atomic mass is 16.1. The summed E-state index contributed by atoms with van der Waals surface area (Å²) in [6, 6.07) is 0.908. The molecule has 1 aliphatic rings. The number of carbonyl (C=O) groups excluding carboxylic acids is 1. The van der Waals surface area contributed by atoms with E-state index in [1.54, 1.807) is 6.92 Å². The zero-order valence-corrected chi connectivity index (χ0v) is 12.5. The minimum atomic E-state index is 0.0769. The normalized spacial score (nSPS) is 22.6. The molecule has 106 valence electrons. The fourth-order valence-corrected chi connectivity index (χ4v) is 3.28. The lowest BCUT2D eigenvalue weighted by atomic mass is 9.81. The second-order valence-electron chi connectivity index (χ2n) is 6.68. The van der Waals surface area contributed by atoms with Crippen molar-refractivity contribution in [2.45, 2.75) is 65.6 Å². The zero-order valence-electron chi connectivity index (χ0n) is 12.5. The molecule has 3 N–H and O–H groups in total. The average molecular weight is 255 g/mol. The number of nitrogens with zero attached hydrogens (tertiary/aromatic N) is 1. The van der Waals surface area contributed by atoms with Crippen molar-refractivity contribution in [1.82, 2.24) is 10.2 Å². The van der Waals surface area contributed by atoms with Gasteiger partial charge in [0.2, 0.25) is 5.91 Å². The molecular formula is C14H29N3O. The van der Waals surface area contributed by atoms with Gasteiger partial charge < -0.3 is 11.1 Å². The summed E-state index contributed by atoms with van der Waals surface area (Å²) in [6.45, 7) is 12.5. The monoisotopic (exact) mass is 255 g/mol. The quantitative estimate of drug-likeness (QED) is 0.800. The maximum Gasteiger partial charge on any atom is 0.217 e. The highest BCUT2D eigenvalue weighted by molar-refractivity contribution is 5.73. The largest absolute Gasteiger partial charge is 0.354 e. The Hall–Kier alpha value is -0.610. The second-order valence-corrected chi connectivity index (χ2v) is 6.68. The summed E-state index contributed by atoms with van der Waals surface area (Å²) < 4.78 is 0. The molecule has 2 atom stereocenters. The van der Waals surface area contributed by atoms with Crippen molar-refractivity contribution in [3.8, 4) is 0 Å². The van der Waals surface area contributed by atoms with Crippen molar-refractivity contribution < 1.29 is 4.79 Å². The van der Waals surface area contributed by atoms with Crippen LogP contribution >= 0.6 is 0 Å². The van der Waals surface area contributed by atoms with Gasteiger partial charge in [-0.15, -0.1) is 0 Å². The van der Waals surface area contributed by atoms with Gasteiger partial charge in [0.15, 0.2) is 0 Å². The molecule has 18 heavy (non-hydrogen) atoms. The SMILES string of the molecule is CC(=O)NC1CCN(C(C(C)N)C(C)(C)C)CC1. The minimum absolute atomic E-state index is 0.0769. The molecule has 4 nitrogen and oxygen atoms in total. The van der Waals surface area contributed by atoms with Crippen LogP contribution in [0.2, 0.25) is 0 Å². The van der Waals surface area contributed by atoms with Crippen molar-refractivity contribution in [3.63, 3.8) is 0 Å². The molecule has 0 aromatic rings. The zero-order chi connectivity index (χ0) is 13.9. The molecule has 0 radical (unpaired) electrons. The molecule has 0 aromatic carbocycles. The molecule has 1 amide bonds. The molecule has 1 rings (SSSR count). The molecule has 1 fully saturated rings. The third-order valence-corrected chi connectivity index (χ3v) is 3.72. The number of amides is 1. The van der Waals surface area contributed by atoms with Gasteiger partial charge in [-0.2, -0.15) is 0 Å². The van der Waals surface area contributed by atoms with E-state index in [1.807, 2.05) is 0 Å². The summed E-state index contributed by atoms with van der Waals surface area (Å²) in [7, 11) is 0. The van der Waals surface area contributed by atoms with Crippen LogP contribution in [0.25, 0.3) is 0 Å². The lowest BCUT2D eigenvalue weighted by Crippen LogP contribution is -2.57. The van der Waals surface area contributed by atoms with Crippen LogP contribution in [0.4, 0.5) is 0 Å². The topological polar surface area (TPSA) is 58.4 Å². The van der Waals surface area contributed by atoms with Crippen LogP contribution in [0.1, 0.15) is 47.5 Å². The van der Waals surface area contributed by atoms with Gasteiger partial charge in [0, 0.05) is 38.1 Å². The predicted octanol–water partition coefficient (Wildman–Crippen LogP) is 1.35. The first-order chi connectivity index (χ1) is 8.21. The van der Waals surface area contributed by atoms with Gasteiger partial charge in [0.05, 0.1) is 0 Å². The Labute approximate surface area is 111 Å². The number of hydrogen-bond donors (Lipinski definition) is 2. The Kier molecular flexibility index (Phi) is 5.17. The first-order valence-corrected chi connectivity index (χ1v) is 6.98. The summed E-state index contributed by atoms with van der Waals surface area (Å²) in [5, 5.41) is 3.01. The van der Waals surface area contributed by atoms with Crippen LogP contribution in [-0.2, 0) is 4.79 Å². The third-order valence-electron chi connectivity index (χ3n) is 3.72. The van der Waals surface area contributed by atoms with Gasteiger partial charge in [-0.05, 0) is 25.2 Å². The van der Waals surface area contributed by atoms with Crippen molar-refractivity contribution in [2.24, 2.45) is 11.1 Å². The lowest BCUT2D eigenvalue weighted by Gasteiger charge is -2.45. The Morgan fingerprint density at radius 3 is 2.17 bits per heavy atom. The first-order valence-electron chi connectivity index (χ1n) is 6.98. The molecular weight excluding hydrogens is 226 g/mol. The van der Waals surface area contributed by atoms with E-state index in [4.69, 9.17) is 5.73 Å². The van der Waals surface area contributed by atoms with Crippen LogP contribution < -0.4 is 11.1 Å². The molecule has 2 unspecified atom stereocenters. The summed E-state index contributed by atoms with van der Waals surface area (Å²) in [5.74, 6) is 0.0769. The van der Waals surface area contributed by atoms with E-state index < -0.39 is 0 Å². The minimum Gasteiger partial charge on any atom is -0.354 e. The smallest absolute Gasteiger partial charge is 0.217 e. The molecule has 1 heterocycles. The number of carbonyl (C=O) groups is 1. The molecule has 1 aliphatic heterocycles. The van der Waals surface area contributed by atoms with Gasteiger partial charge in [-0.3, -0.25) is 9.69 Å². The number of nitrogens with one attached hydrogen (secondary N) is 1. The van der Waals surface area contributed by atoms with Gasteiger partial charge in [0.1, 0.15) is 0 Å². The highest BCUT2D eigenvalue weighted by Gasteiger charge is 2.35. The van der Waals surface area contributed by atoms with E-state index in [9.17, 15) is 4.79 Å². The average Bonchev–Trinajstić information content (AvgIpc) is 2.17. The Morgan fingerprint density at radius 2 is 1.83 bits per heavy atom. The summed E-state index contributed by atoms with van der Waals surface area (Å²) in [4.78, 5) is 13.5. The number of hydrogen-bond acceptors (Lipinski definition) is 3. The lowest BCUT2D eigenvalue weighted by molar-refractivity contribution is -0.120. The fourth-order valence-electron chi connectivity index (χ4n) is 3.28. The van der Waals surface area contributed by atoms with Crippen molar-refractivity contribution in [2.75, 3.05) is 13.1 Å². The van der Waals surface area contributed by atoms with Crippen LogP contribution in [-0.4, -0.2) is 42.0 Å². The van der Waals surface area contributed by atoms with Gasteiger partial charge >= 0.3 is 0 Å². The molecule has 1 saturated heterocycles. The molecule has 4 heteroatoms. The predicted molar refractivity (Wildman–Crippen MR) is 75.3 cm³/mol. The van der Waals surface area contributed by atoms with E-state index in [0.29, 0.717) is 12.1 Å². The maximum absolute atomic E-state index is 11.1. The van der Waals surface area contributed by atoms with E-state index in [0.717, 1.165) is 25.9 Å². The summed E-state index contributed by atoms with van der Waals surface area (Å²) in [6.07, 6.45) is 2.05. The highest BCUT2D eigenvalue weighted by Crippen LogP contribution is 2.28. The van der Waals surface area contributed by atoms with Gasteiger partial charge in [-0.1, -0.05) is 20.8 Å². The molecule has 0 bridgehead atoms. The van der Waals surface area contributed by atoms with Crippen LogP contribution in [0.3, 0.4) is 0 Å². The Balaban J connectivity index is 2.57. The molecule has 0 aromatic heterocycles. The van der Waals surface area contributed by atoms with Gasteiger partial charge in [0.25, 0.3) is 0 Å². The van der Waals surface area contributed by atoms with Gasteiger partial charge in [-0.25, -0.2) is 0 Å². The number of rotatable bonds is 3. The van der Waals surface area contributed by atoms with Crippen molar-refractivity contribution >= 4 is 5.91 Å².